The molecule has 0 atom stereocenters. The van der Waals surface area contributed by atoms with Crippen LogP contribution in [0.4, 0.5) is 0 Å². The van der Waals surface area contributed by atoms with Crippen LogP contribution in [-0.4, -0.2) is 19.6 Å². The predicted octanol–water partition coefficient (Wildman–Crippen LogP) is 1.69. The van der Waals surface area contributed by atoms with Crippen LogP contribution in [0.3, 0.4) is 0 Å². The molecule has 0 bridgehead atoms. The molecular weight excluding hydrogens is 226 g/mol. The number of rotatable bonds is 2. The Morgan fingerprint density at radius 2 is 2.22 bits per heavy atom. The fourth-order valence-corrected chi connectivity index (χ4v) is 2.05. The molecule has 2 aromatic heterocycles. The Morgan fingerprint density at radius 3 is 2.94 bits per heavy atom. The number of benzene rings is 1. The first-order valence-corrected chi connectivity index (χ1v) is 5.60. The van der Waals surface area contributed by atoms with Crippen molar-refractivity contribution in [1.29, 1.82) is 5.26 Å². The van der Waals surface area contributed by atoms with Crippen LogP contribution in [0.5, 0.6) is 0 Å². The second kappa shape index (κ2) is 4.00. The van der Waals surface area contributed by atoms with Crippen molar-refractivity contribution < 1.29 is 0 Å². The first-order valence-electron chi connectivity index (χ1n) is 5.60. The molecule has 3 rings (SSSR count). The quantitative estimate of drug-likeness (QED) is 0.681. The van der Waals surface area contributed by atoms with Gasteiger partial charge in [-0.05, 0) is 24.3 Å². The highest BCUT2D eigenvalue weighted by molar-refractivity contribution is 5.81. The van der Waals surface area contributed by atoms with E-state index in [-0.39, 0.29) is 0 Å². The van der Waals surface area contributed by atoms with Crippen molar-refractivity contribution in [2.24, 2.45) is 7.05 Å². The Balaban J connectivity index is 2.00. The van der Waals surface area contributed by atoms with Gasteiger partial charge in [-0.25, -0.2) is 0 Å². The summed E-state index contributed by atoms with van der Waals surface area (Å²) in [4.78, 5) is 0. The van der Waals surface area contributed by atoms with Crippen molar-refractivity contribution in [3.8, 4) is 6.07 Å². The molecule has 2 heterocycles. The van der Waals surface area contributed by atoms with Gasteiger partial charge in [0.1, 0.15) is 5.69 Å². The molecule has 0 aliphatic rings. The van der Waals surface area contributed by atoms with Crippen molar-refractivity contribution in [3.63, 3.8) is 0 Å². The van der Waals surface area contributed by atoms with Crippen LogP contribution in [0.15, 0.2) is 36.7 Å². The molecule has 3 aromatic rings. The van der Waals surface area contributed by atoms with Crippen molar-refractivity contribution in [2.75, 3.05) is 0 Å². The van der Waals surface area contributed by atoms with Gasteiger partial charge in [-0.1, -0.05) is 5.21 Å². The summed E-state index contributed by atoms with van der Waals surface area (Å²) in [5.41, 5.74) is 2.69. The first-order chi connectivity index (χ1) is 8.76. The average molecular weight is 237 g/mol. The smallest absolute Gasteiger partial charge is 0.102 e. The third-order valence-electron chi connectivity index (χ3n) is 2.88. The van der Waals surface area contributed by atoms with Crippen molar-refractivity contribution >= 4 is 10.9 Å². The summed E-state index contributed by atoms with van der Waals surface area (Å²) in [5.74, 6) is 0. The van der Waals surface area contributed by atoms with Crippen LogP contribution >= 0.6 is 0 Å². The molecule has 0 amide bonds. The second-order valence-corrected chi connectivity index (χ2v) is 4.21. The maximum absolute atomic E-state index is 8.86. The fourth-order valence-electron chi connectivity index (χ4n) is 2.05. The number of hydrogen-bond donors (Lipinski definition) is 0. The molecule has 0 unspecified atom stereocenters. The van der Waals surface area contributed by atoms with Crippen LogP contribution in [0, 0.1) is 11.3 Å². The maximum Gasteiger partial charge on any atom is 0.102 e. The van der Waals surface area contributed by atoms with E-state index in [0.717, 1.165) is 16.6 Å². The van der Waals surface area contributed by atoms with Gasteiger partial charge in [-0.15, -0.1) is 5.10 Å². The van der Waals surface area contributed by atoms with E-state index in [2.05, 4.69) is 20.9 Å². The van der Waals surface area contributed by atoms with Gasteiger partial charge in [0.05, 0.1) is 18.2 Å². The largest absolute Gasteiger partial charge is 0.341 e. The highest BCUT2D eigenvalue weighted by Crippen LogP contribution is 2.18. The van der Waals surface area contributed by atoms with Gasteiger partial charge in [0.15, 0.2) is 0 Å². The van der Waals surface area contributed by atoms with Crippen LogP contribution in [0.1, 0.15) is 11.3 Å². The Hall–Kier alpha value is -2.61. The molecular formula is C13H11N5. The summed E-state index contributed by atoms with van der Waals surface area (Å²) in [6, 6.07) is 9.84. The monoisotopic (exact) mass is 237 g/mol. The lowest BCUT2D eigenvalue weighted by atomic mass is 10.2. The zero-order chi connectivity index (χ0) is 12.5. The van der Waals surface area contributed by atoms with Crippen molar-refractivity contribution in [2.45, 2.75) is 6.54 Å². The van der Waals surface area contributed by atoms with Crippen LogP contribution in [0.25, 0.3) is 10.9 Å². The van der Waals surface area contributed by atoms with Gasteiger partial charge in [0.2, 0.25) is 0 Å². The maximum atomic E-state index is 8.86. The molecule has 5 nitrogen and oxygen atoms in total. The van der Waals surface area contributed by atoms with Crippen LogP contribution in [0.2, 0.25) is 0 Å². The van der Waals surface area contributed by atoms with E-state index in [4.69, 9.17) is 5.26 Å². The minimum atomic E-state index is 0.680. The average Bonchev–Trinajstić information content (AvgIpc) is 2.96. The zero-order valence-electron chi connectivity index (χ0n) is 9.91. The van der Waals surface area contributed by atoms with E-state index in [1.807, 2.05) is 43.7 Å². The Morgan fingerprint density at radius 1 is 1.33 bits per heavy atom. The lowest BCUT2D eigenvalue weighted by Crippen LogP contribution is -1.98. The summed E-state index contributed by atoms with van der Waals surface area (Å²) in [7, 11) is 1.85. The van der Waals surface area contributed by atoms with Crippen molar-refractivity contribution in [3.05, 3.63) is 47.9 Å². The lowest BCUT2D eigenvalue weighted by molar-refractivity contribution is 0.711. The molecule has 0 N–H and O–H groups in total. The summed E-state index contributed by atoms with van der Waals surface area (Å²) in [6.07, 6.45) is 3.90. The van der Waals surface area contributed by atoms with E-state index in [9.17, 15) is 0 Å². The molecule has 0 saturated carbocycles. The molecule has 0 radical (unpaired) electrons. The van der Waals surface area contributed by atoms with Crippen LogP contribution < -0.4 is 0 Å². The minimum Gasteiger partial charge on any atom is -0.341 e. The number of nitrogens with zero attached hydrogens (tertiary/aromatic N) is 5. The van der Waals surface area contributed by atoms with Gasteiger partial charge >= 0.3 is 0 Å². The highest BCUT2D eigenvalue weighted by Gasteiger charge is 2.04. The summed E-state index contributed by atoms with van der Waals surface area (Å²) >= 11 is 0. The van der Waals surface area contributed by atoms with E-state index in [0.29, 0.717) is 12.1 Å². The van der Waals surface area contributed by atoms with Gasteiger partial charge in [-0.3, -0.25) is 4.68 Å². The Labute approximate surface area is 104 Å². The topological polar surface area (TPSA) is 59.4 Å². The van der Waals surface area contributed by atoms with E-state index >= 15 is 0 Å². The molecule has 88 valence electrons. The molecule has 18 heavy (non-hydrogen) atoms. The minimum absolute atomic E-state index is 0.680. The summed E-state index contributed by atoms with van der Waals surface area (Å²) in [6.45, 7) is 0.684. The molecule has 1 aromatic carbocycles. The Bertz CT molecular complexity index is 744. The normalized spacial score (nSPS) is 10.7. The first kappa shape index (κ1) is 10.5. The third-order valence-corrected chi connectivity index (χ3v) is 2.88. The number of nitriles is 1. The van der Waals surface area contributed by atoms with E-state index < -0.39 is 0 Å². The van der Waals surface area contributed by atoms with Gasteiger partial charge in [-0.2, -0.15) is 5.26 Å². The molecule has 0 aliphatic heterocycles. The molecule has 0 spiro atoms. The van der Waals surface area contributed by atoms with E-state index in [1.54, 1.807) is 4.68 Å². The third kappa shape index (κ3) is 1.74. The number of fused-ring (bicyclic) bond motifs is 1. The van der Waals surface area contributed by atoms with Gasteiger partial charge in [0, 0.05) is 30.3 Å². The van der Waals surface area contributed by atoms with Gasteiger partial charge in [0.25, 0.3) is 0 Å². The van der Waals surface area contributed by atoms with E-state index in [1.165, 1.54) is 0 Å². The molecule has 0 saturated heterocycles. The highest BCUT2D eigenvalue weighted by atomic mass is 15.4. The number of aryl methyl sites for hydroxylation is 1. The standard InChI is InChI=1S/C13H11N5/c1-17-8-12(15-16-17)9-18-5-4-11-6-10(7-14)2-3-13(11)18/h2-6,8H,9H2,1H3. The zero-order valence-corrected chi connectivity index (χ0v) is 9.91. The fraction of sp³-hybridized carbons (Fsp3) is 0.154. The van der Waals surface area contributed by atoms with Crippen molar-refractivity contribution in [1.82, 2.24) is 19.6 Å². The number of hydrogen-bond acceptors (Lipinski definition) is 3. The Kier molecular flexibility index (Phi) is 2.34. The van der Waals surface area contributed by atoms with Gasteiger partial charge < -0.3 is 4.57 Å². The summed E-state index contributed by atoms with van der Waals surface area (Å²) < 4.78 is 3.79. The number of aromatic nitrogens is 4. The van der Waals surface area contributed by atoms with Crippen LogP contribution in [-0.2, 0) is 13.6 Å². The SMILES string of the molecule is Cn1cc(Cn2ccc3cc(C#N)ccc32)nn1. The lowest BCUT2D eigenvalue weighted by Gasteiger charge is -2.02. The molecule has 0 fully saturated rings. The predicted molar refractivity (Wildman–Crippen MR) is 66.8 cm³/mol. The molecule has 5 heteroatoms. The summed E-state index contributed by atoms with van der Waals surface area (Å²) in [5, 5.41) is 17.9. The second-order valence-electron chi connectivity index (χ2n) is 4.21. The molecule has 0 aliphatic carbocycles.